The van der Waals surface area contributed by atoms with Crippen molar-refractivity contribution in [3.8, 4) is 17.2 Å². The highest BCUT2D eigenvalue weighted by Crippen LogP contribution is 2.42. The first-order valence-corrected chi connectivity index (χ1v) is 11.4. The van der Waals surface area contributed by atoms with Gasteiger partial charge in [-0.15, -0.1) is 0 Å². The lowest BCUT2D eigenvalue weighted by Gasteiger charge is -2.35. The van der Waals surface area contributed by atoms with Crippen LogP contribution in [0.15, 0.2) is 54.9 Å². The van der Waals surface area contributed by atoms with Gasteiger partial charge in [-0.3, -0.25) is 4.90 Å². The summed E-state index contributed by atoms with van der Waals surface area (Å²) in [7, 11) is 1.42. The summed E-state index contributed by atoms with van der Waals surface area (Å²) in [5.74, 6) is 1.46. The van der Waals surface area contributed by atoms with Crippen LogP contribution in [-0.4, -0.2) is 55.2 Å². The number of piperazine rings is 1. The van der Waals surface area contributed by atoms with E-state index in [1.54, 1.807) is 4.90 Å². The second-order valence-electron chi connectivity index (χ2n) is 8.43. The Hall–Kier alpha value is -3.52. The molecule has 33 heavy (non-hydrogen) atoms. The van der Waals surface area contributed by atoms with E-state index in [4.69, 9.17) is 9.47 Å². The van der Waals surface area contributed by atoms with Crippen LogP contribution in [0.5, 0.6) is 11.5 Å². The van der Waals surface area contributed by atoms with Gasteiger partial charge in [-0.05, 0) is 44.0 Å². The van der Waals surface area contributed by atoms with Crippen molar-refractivity contribution in [2.75, 3.05) is 43.1 Å². The van der Waals surface area contributed by atoms with E-state index in [9.17, 15) is 4.79 Å². The highest BCUT2D eigenvalue weighted by molar-refractivity contribution is 5.91. The van der Waals surface area contributed by atoms with Crippen molar-refractivity contribution in [1.82, 2.24) is 15.1 Å². The highest BCUT2D eigenvalue weighted by atomic mass is 16.5. The van der Waals surface area contributed by atoms with Crippen LogP contribution in [0.25, 0.3) is 5.69 Å². The van der Waals surface area contributed by atoms with Gasteiger partial charge in [0.1, 0.15) is 11.4 Å². The van der Waals surface area contributed by atoms with Crippen molar-refractivity contribution in [3.05, 3.63) is 60.4 Å². The zero-order valence-corrected chi connectivity index (χ0v) is 19.0. The molecule has 8 heteroatoms. The number of fused-ring (bicyclic) bond motifs is 1. The second-order valence-corrected chi connectivity index (χ2v) is 8.43. The minimum Gasteiger partial charge on any atom is -0.455 e. The van der Waals surface area contributed by atoms with Crippen molar-refractivity contribution in [2.24, 2.45) is 0 Å². The molecule has 2 aliphatic heterocycles. The maximum absolute atomic E-state index is 12.6. The van der Waals surface area contributed by atoms with Gasteiger partial charge in [0, 0.05) is 37.8 Å². The largest absolute Gasteiger partial charge is 0.455 e. The predicted octanol–water partition coefficient (Wildman–Crippen LogP) is 3.98. The minimum atomic E-state index is -0.359. The van der Waals surface area contributed by atoms with Crippen molar-refractivity contribution < 1.29 is 14.3 Å². The summed E-state index contributed by atoms with van der Waals surface area (Å²) in [6, 6.07) is 13.7. The maximum atomic E-state index is 12.6. The summed E-state index contributed by atoms with van der Waals surface area (Å²) in [6.45, 7) is 5.88. The third-order valence-corrected chi connectivity index (χ3v) is 6.36. The van der Waals surface area contributed by atoms with E-state index in [0.717, 1.165) is 73.1 Å². The van der Waals surface area contributed by atoms with Gasteiger partial charge in [0.05, 0.1) is 30.9 Å². The van der Waals surface area contributed by atoms with Gasteiger partial charge in [-0.1, -0.05) is 18.2 Å². The van der Waals surface area contributed by atoms with E-state index < -0.39 is 0 Å². The SMILES string of the molecule is COC(=O)N1c2ccc(-n3cc(N4CCNCC4)cn3)c(Oc3ccccc3)c2CCC1C. The summed E-state index contributed by atoms with van der Waals surface area (Å²) >= 11 is 0. The molecule has 1 N–H and O–H groups in total. The Balaban J connectivity index is 1.59. The van der Waals surface area contributed by atoms with Crippen LogP contribution in [-0.2, 0) is 11.2 Å². The molecule has 0 saturated carbocycles. The van der Waals surface area contributed by atoms with Gasteiger partial charge in [0.25, 0.3) is 0 Å². The zero-order valence-electron chi connectivity index (χ0n) is 19.0. The van der Waals surface area contributed by atoms with E-state index in [2.05, 4.69) is 21.5 Å². The fourth-order valence-electron chi connectivity index (χ4n) is 4.60. The van der Waals surface area contributed by atoms with Crippen molar-refractivity contribution in [3.63, 3.8) is 0 Å². The van der Waals surface area contributed by atoms with E-state index in [1.165, 1.54) is 7.11 Å². The lowest BCUT2D eigenvalue weighted by Crippen LogP contribution is -2.43. The number of carbonyl (C=O) groups is 1. The summed E-state index contributed by atoms with van der Waals surface area (Å²) in [5, 5.41) is 8.05. The smallest absolute Gasteiger partial charge is 0.414 e. The van der Waals surface area contributed by atoms with Gasteiger partial charge in [-0.2, -0.15) is 5.10 Å². The van der Waals surface area contributed by atoms with E-state index in [-0.39, 0.29) is 12.1 Å². The quantitative estimate of drug-likeness (QED) is 0.652. The lowest BCUT2D eigenvalue weighted by molar-refractivity contribution is 0.175. The molecule has 5 rings (SSSR count). The van der Waals surface area contributed by atoms with Crippen molar-refractivity contribution in [2.45, 2.75) is 25.8 Å². The Morgan fingerprint density at radius 2 is 1.85 bits per heavy atom. The molecule has 2 aliphatic rings. The number of methoxy groups -OCH3 is 1. The Labute approximate surface area is 193 Å². The van der Waals surface area contributed by atoms with Gasteiger partial charge < -0.3 is 19.7 Å². The van der Waals surface area contributed by atoms with Crippen LogP contribution in [0.4, 0.5) is 16.2 Å². The monoisotopic (exact) mass is 447 g/mol. The lowest BCUT2D eigenvalue weighted by atomic mass is 9.95. The normalized spacial score (nSPS) is 18.1. The van der Waals surface area contributed by atoms with Crippen LogP contribution < -0.4 is 19.9 Å². The predicted molar refractivity (Wildman–Crippen MR) is 128 cm³/mol. The number of benzene rings is 2. The third kappa shape index (κ3) is 4.14. The van der Waals surface area contributed by atoms with E-state index in [0.29, 0.717) is 0 Å². The summed E-state index contributed by atoms with van der Waals surface area (Å²) in [5.41, 5.74) is 3.74. The summed E-state index contributed by atoms with van der Waals surface area (Å²) in [6.07, 6.45) is 5.21. The fraction of sp³-hybridized carbons (Fsp3) is 0.360. The first-order chi connectivity index (χ1) is 16.2. The molecule has 3 aromatic rings. The molecule has 1 unspecified atom stereocenters. The molecule has 0 aliphatic carbocycles. The number of aromatic nitrogens is 2. The van der Waals surface area contributed by atoms with Crippen molar-refractivity contribution >= 4 is 17.5 Å². The van der Waals surface area contributed by atoms with E-state index in [1.807, 2.05) is 60.3 Å². The number of hydrogen-bond donors (Lipinski definition) is 1. The maximum Gasteiger partial charge on any atom is 0.414 e. The average Bonchev–Trinajstić information content (AvgIpc) is 3.35. The summed E-state index contributed by atoms with van der Waals surface area (Å²) in [4.78, 5) is 16.6. The first kappa shape index (κ1) is 21.3. The Kier molecular flexibility index (Phi) is 5.92. The van der Waals surface area contributed by atoms with Gasteiger partial charge in [-0.25, -0.2) is 9.48 Å². The minimum absolute atomic E-state index is 0.0457. The number of amides is 1. The molecule has 8 nitrogen and oxygen atoms in total. The first-order valence-electron chi connectivity index (χ1n) is 11.4. The molecule has 1 fully saturated rings. The van der Waals surface area contributed by atoms with E-state index >= 15 is 0 Å². The second kappa shape index (κ2) is 9.15. The van der Waals surface area contributed by atoms with Crippen molar-refractivity contribution in [1.29, 1.82) is 0 Å². The topological polar surface area (TPSA) is 71.9 Å². The number of anilines is 2. The number of nitrogens with one attached hydrogen (secondary N) is 1. The number of hydrogen-bond acceptors (Lipinski definition) is 6. The molecule has 3 heterocycles. The van der Waals surface area contributed by atoms with Gasteiger partial charge in [0.15, 0.2) is 5.75 Å². The molecule has 2 aromatic carbocycles. The Morgan fingerprint density at radius 1 is 1.09 bits per heavy atom. The molecule has 0 spiro atoms. The zero-order chi connectivity index (χ0) is 22.8. The Bertz CT molecular complexity index is 1120. The molecule has 1 saturated heterocycles. The van der Waals surface area contributed by atoms with Crippen LogP contribution >= 0.6 is 0 Å². The molecule has 0 radical (unpaired) electrons. The van der Waals surface area contributed by atoms with Gasteiger partial charge >= 0.3 is 6.09 Å². The standard InChI is InChI=1S/C25H29N5O3/c1-18-8-9-21-22(30(18)25(31)32-2)10-11-23(24(21)33-20-6-4-3-5-7-20)29-17-19(16-27-29)28-14-12-26-13-15-28/h3-7,10-11,16-18,26H,8-9,12-15H2,1-2H3. The average molecular weight is 448 g/mol. The molecule has 1 atom stereocenters. The molecule has 172 valence electrons. The molecule has 1 aromatic heterocycles. The van der Waals surface area contributed by atoms with Crippen LogP contribution in [0.3, 0.4) is 0 Å². The van der Waals surface area contributed by atoms with Gasteiger partial charge in [0.2, 0.25) is 0 Å². The third-order valence-electron chi connectivity index (χ3n) is 6.36. The highest BCUT2D eigenvalue weighted by Gasteiger charge is 2.32. The number of carbonyl (C=O) groups excluding carboxylic acids is 1. The fourth-order valence-corrected chi connectivity index (χ4v) is 4.60. The number of rotatable bonds is 4. The van der Waals surface area contributed by atoms with Crippen LogP contribution in [0.2, 0.25) is 0 Å². The molecular formula is C25H29N5O3. The molecular weight excluding hydrogens is 418 g/mol. The number of para-hydroxylation sites is 1. The number of ether oxygens (including phenoxy) is 2. The van der Waals surface area contributed by atoms with Crippen LogP contribution in [0, 0.1) is 0 Å². The molecule has 0 bridgehead atoms. The molecule has 1 amide bonds. The van der Waals surface area contributed by atoms with Crippen LogP contribution in [0.1, 0.15) is 18.9 Å². The number of nitrogens with zero attached hydrogens (tertiary/aromatic N) is 4. The Morgan fingerprint density at radius 3 is 2.61 bits per heavy atom. The summed E-state index contributed by atoms with van der Waals surface area (Å²) < 4.78 is 13.4.